The quantitative estimate of drug-likeness (QED) is 0.0657. The van der Waals surface area contributed by atoms with Crippen molar-refractivity contribution >= 4 is 17.5 Å². The van der Waals surface area contributed by atoms with Gasteiger partial charge >= 0.3 is 18.4 Å². The summed E-state index contributed by atoms with van der Waals surface area (Å²) in [5.41, 5.74) is -6.41. The third kappa shape index (κ3) is 8.29. The Morgan fingerprint density at radius 1 is 0.718 bits per heavy atom. The summed E-state index contributed by atoms with van der Waals surface area (Å²) in [6, 6.07) is 6.65. The van der Waals surface area contributed by atoms with Crippen molar-refractivity contribution in [2.75, 3.05) is 43.8 Å². The molecule has 1 amide bonds. The first-order chi connectivity index (χ1) is 18.5. The fourth-order valence-corrected chi connectivity index (χ4v) is 3.42. The Kier molecular flexibility index (Phi) is 11.5. The number of ether oxygens (including phenoxy) is 3. The lowest BCUT2D eigenvalue weighted by molar-refractivity contribution is -0.292. The van der Waals surface area contributed by atoms with Crippen LogP contribution in [0.2, 0.25) is 0 Å². The highest BCUT2D eigenvalue weighted by atomic mass is 19.4. The summed E-state index contributed by atoms with van der Waals surface area (Å²) >= 11 is 0. The molecule has 0 fully saturated rings. The van der Waals surface area contributed by atoms with E-state index in [1.54, 1.807) is 0 Å². The summed E-state index contributed by atoms with van der Waals surface area (Å²) < 4.78 is 100. The minimum Gasteiger partial charge on any atom is -0.499 e. The second-order valence-electron chi connectivity index (χ2n) is 7.50. The first kappa shape index (κ1) is 31.3. The number of carbonyl (C=O) groups is 1. The molecule has 0 bridgehead atoms. The zero-order chi connectivity index (χ0) is 28.9. The summed E-state index contributed by atoms with van der Waals surface area (Å²) in [5, 5.41) is 4.86. The maximum Gasteiger partial charge on any atom is 0.411 e. The third-order valence-electron chi connectivity index (χ3n) is 5.11. The van der Waals surface area contributed by atoms with Gasteiger partial charge in [-0.2, -0.15) is 26.3 Å². The van der Waals surface area contributed by atoms with Crippen LogP contribution in [-0.4, -0.2) is 51.6 Å². The number of halogens is 6. The SMILES string of the molecule is C=COCCOOCNc1ccc(C(c2ccc(NC(=O)OCCOC=C)cc2)(C(F)(F)F)C(F)(F)F)cc1. The fourth-order valence-electron chi connectivity index (χ4n) is 3.42. The number of rotatable bonds is 15. The van der Waals surface area contributed by atoms with Gasteiger partial charge in [-0.1, -0.05) is 37.4 Å². The Hall–Kier alpha value is -3.91. The van der Waals surface area contributed by atoms with Crippen molar-refractivity contribution in [2.45, 2.75) is 17.8 Å². The first-order valence-electron chi connectivity index (χ1n) is 11.2. The van der Waals surface area contributed by atoms with E-state index in [4.69, 9.17) is 24.0 Å². The molecule has 0 aliphatic heterocycles. The molecule has 2 N–H and O–H groups in total. The minimum atomic E-state index is -5.77. The van der Waals surface area contributed by atoms with Gasteiger partial charge in [0.1, 0.15) is 26.4 Å². The van der Waals surface area contributed by atoms with Crippen LogP contribution in [0.1, 0.15) is 11.1 Å². The van der Waals surface area contributed by atoms with E-state index in [9.17, 15) is 31.1 Å². The van der Waals surface area contributed by atoms with Gasteiger partial charge < -0.3 is 19.5 Å². The molecule has 0 heterocycles. The molecular formula is C25H26F6N2O6. The predicted octanol–water partition coefficient (Wildman–Crippen LogP) is 6.28. The normalized spacial score (nSPS) is 11.8. The van der Waals surface area contributed by atoms with Gasteiger partial charge in [0.15, 0.2) is 6.73 Å². The first-order valence-corrected chi connectivity index (χ1v) is 11.2. The Bertz CT molecular complexity index is 1040. The Morgan fingerprint density at radius 2 is 1.21 bits per heavy atom. The summed E-state index contributed by atoms with van der Waals surface area (Å²) in [7, 11) is 0. The highest BCUT2D eigenvalue weighted by Gasteiger charge is 2.72. The molecule has 8 nitrogen and oxygen atoms in total. The van der Waals surface area contributed by atoms with Crippen LogP contribution in [0.25, 0.3) is 0 Å². The molecule has 0 spiro atoms. The van der Waals surface area contributed by atoms with Gasteiger partial charge in [-0.25, -0.2) is 14.6 Å². The lowest BCUT2D eigenvalue weighted by Gasteiger charge is -2.38. The number of anilines is 2. The van der Waals surface area contributed by atoms with Gasteiger partial charge in [0.05, 0.1) is 12.5 Å². The van der Waals surface area contributed by atoms with Crippen molar-refractivity contribution in [1.29, 1.82) is 0 Å². The van der Waals surface area contributed by atoms with Crippen molar-refractivity contribution in [3.8, 4) is 0 Å². The molecule has 2 aromatic rings. The van der Waals surface area contributed by atoms with Crippen molar-refractivity contribution in [3.05, 3.63) is 85.3 Å². The largest absolute Gasteiger partial charge is 0.499 e. The highest BCUT2D eigenvalue weighted by molar-refractivity contribution is 5.84. The van der Waals surface area contributed by atoms with E-state index in [1.807, 2.05) is 0 Å². The predicted molar refractivity (Wildman–Crippen MR) is 129 cm³/mol. The van der Waals surface area contributed by atoms with Gasteiger partial charge in [-0.3, -0.25) is 5.32 Å². The van der Waals surface area contributed by atoms with Crippen LogP contribution in [-0.2, 0) is 29.4 Å². The van der Waals surface area contributed by atoms with Gasteiger partial charge in [0.2, 0.25) is 5.41 Å². The van der Waals surface area contributed by atoms with Crippen molar-refractivity contribution in [3.63, 3.8) is 0 Å². The van der Waals surface area contributed by atoms with E-state index in [0.717, 1.165) is 42.7 Å². The molecular weight excluding hydrogens is 538 g/mol. The number of benzene rings is 2. The van der Waals surface area contributed by atoms with Gasteiger partial charge in [0, 0.05) is 11.4 Å². The molecule has 0 aliphatic rings. The third-order valence-corrected chi connectivity index (χ3v) is 5.11. The van der Waals surface area contributed by atoms with E-state index < -0.39 is 35.0 Å². The molecule has 0 unspecified atom stereocenters. The number of hydrogen-bond acceptors (Lipinski definition) is 7. The maximum absolute atomic E-state index is 14.3. The zero-order valence-electron chi connectivity index (χ0n) is 20.4. The van der Waals surface area contributed by atoms with E-state index >= 15 is 0 Å². The van der Waals surface area contributed by atoms with E-state index in [1.165, 1.54) is 6.26 Å². The molecule has 0 aliphatic carbocycles. The molecule has 2 aromatic carbocycles. The van der Waals surface area contributed by atoms with E-state index in [-0.39, 0.29) is 44.5 Å². The van der Waals surface area contributed by atoms with E-state index in [2.05, 4.69) is 23.8 Å². The molecule has 0 aromatic heterocycles. The lowest BCUT2D eigenvalue weighted by Crippen LogP contribution is -2.54. The standard InChI is InChI=1S/C25H26F6N2O6/c1-3-35-13-15-37-22(34)33-21-11-7-19(8-12-21)23(24(26,27)28,25(29,30)31)18-5-9-20(10-6-18)32-17-39-38-16-14-36-4-2/h3-12,32H,1-2,13-17H2,(H,33,34). The Labute approximate surface area is 220 Å². The molecule has 14 heteroatoms. The Balaban J connectivity index is 2.24. The van der Waals surface area contributed by atoms with Crippen LogP contribution < -0.4 is 10.6 Å². The molecule has 0 saturated heterocycles. The highest BCUT2D eigenvalue weighted by Crippen LogP contribution is 2.56. The van der Waals surface area contributed by atoms with Crippen LogP contribution in [0.15, 0.2) is 74.2 Å². The molecule has 0 saturated carbocycles. The number of hydrogen-bond donors (Lipinski definition) is 2. The van der Waals surface area contributed by atoms with Crippen LogP contribution >= 0.6 is 0 Å². The summed E-state index contributed by atoms with van der Waals surface area (Å²) in [6.07, 6.45) is -10.2. The maximum atomic E-state index is 14.3. The van der Waals surface area contributed by atoms with Crippen LogP contribution in [0.5, 0.6) is 0 Å². The topological polar surface area (TPSA) is 87.3 Å². The average molecular weight is 564 g/mol. The number of alkyl halides is 6. The molecule has 0 atom stereocenters. The Morgan fingerprint density at radius 3 is 1.69 bits per heavy atom. The monoisotopic (exact) mass is 564 g/mol. The van der Waals surface area contributed by atoms with Crippen LogP contribution in [0.3, 0.4) is 0 Å². The summed E-state index contributed by atoms with van der Waals surface area (Å²) in [4.78, 5) is 21.3. The van der Waals surface area contributed by atoms with Crippen LogP contribution in [0.4, 0.5) is 42.5 Å². The second-order valence-corrected chi connectivity index (χ2v) is 7.50. The number of carbonyl (C=O) groups excluding carboxylic acids is 1. The van der Waals surface area contributed by atoms with E-state index in [0.29, 0.717) is 12.1 Å². The second kappa shape index (κ2) is 14.3. The minimum absolute atomic E-state index is 0.0101. The summed E-state index contributed by atoms with van der Waals surface area (Å²) in [6.45, 7) is 6.48. The van der Waals surface area contributed by atoms with Crippen molar-refractivity contribution < 1.29 is 55.1 Å². The van der Waals surface area contributed by atoms with Gasteiger partial charge in [-0.15, -0.1) is 0 Å². The molecule has 214 valence electrons. The van der Waals surface area contributed by atoms with Gasteiger partial charge in [-0.05, 0) is 35.4 Å². The van der Waals surface area contributed by atoms with Crippen LogP contribution in [0, 0.1) is 0 Å². The summed E-state index contributed by atoms with van der Waals surface area (Å²) in [5.74, 6) is 0. The molecule has 2 rings (SSSR count). The van der Waals surface area contributed by atoms with Crippen molar-refractivity contribution in [2.24, 2.45) is 0 Å². The average Bonchev–Trinajstić information content (AvgIpc) is 2.87. The smallest absolute Gasteiger partial charge is 0.411 e. The molecule has 0 radical (unpaired) electrons. The number of amides is 1. The fraction of sp³-hybridized carbons (Fsp3) is 0.320. The van der Waals surface area contributed by atoms with Crippen molar-refractivity contribution in [1.82, 2.24) is 0 Å². The number of nitrogens with one attached hydrogen (secondary N) is 2. The zero-order valence-corrected chi connectivity index (χ0v) is 20.4. The molecule has 39 heavy (non-hydrogen) atoms. The lowest BCUT2D eigenvalue weighted by atomic mass is 9.73. The van der Waals surface area contributed by atoms with Gasteiger partial charge in [0.25, 0.3) is 0 Å².